The zero-order valence-corrected chi connectivity index (χ0v) is 15.0. The molecule has 0 radical (unpaired) electrons. The molecule has 26 heavy (non-hydrogen) atoms. The Balaban J connectivity index is 1.69. The van der Waals surface area contributed by atoms with Gasteiger partial charge >= 0.3 is 6.18 Å². The van der Waals surface area contributed by atoms with E-state index in [4.69, 9.17) is 0 Å². The number of alkyl halides is 3. The van der Waals surface area contributed by atoms with E-state index in [1.54, 1.807) is 29.3 Å². The molecule has 1 aromatic carbocycles. The predicted octanol–water partition coefficient (Wildman–Crippen LogP) is 3.78. The van der Waals surface area contributed by atoms with Crippen LogP contribution in [0.5, 0.6) is 0 Å². The molecule has 3 rings (SSSR count). The summed E-state index contributed by atoms with van der Waals surface area (Å²) >= 11 is 1.41. The highest BCUT2D eigenvalue weighted by Gasteiger charge is 2.31. The first-order valence-corrected chi connectivity index (χ1v) is 9.33. The molecule has 8 heteroatoms. The molecule has 0 spiro atoms. The molecular formula is C18H18F3N3OS. The number of pyridine rings is 1. The largest absolute Gasteiger partial charge is 0.416 e. The van der Waals surface area contributed by atoms with Crippen molar-refractivity contribution in [2.75, 3.05) is 37.3 Å². The van der Waals surface area contributed by atoms with Crippen LogP contribution in [-0.4, -0.2) is 48.2 Å². The van der Waals surface area contributed by atoms with E-state index in [-0.39, 0.29) is 5.91 Å². The van der Waals surface area contributed by atoms with Gasteiger partial charge in [0.2, 0.25) is 0 Å². The summed E-state index contributed by atoms with van der Waals surface area (Å²) in [7, 11) is 0. The molecule has 1 aliphatic rings. The summed E-state index contributed by atoms with van der Waals surface area (Å²) in [6.45, 7) is 1.89. The average molecular weight is 381 g/mol. The summed E-state index contributed by atoms with van der Waals surface area (Å²) in [5, 5.41) is 0.679. The predicted molar refractivity (Wildman–Crippen MR) is 95.6 cm³/mol. The maximum Gasteiger partial charge on any atom is 0.416 e. The van der Waals surface area contributed by atoms with E-state index in [1.165, 1.54) is 17.8 Å². The number of carbonyl (C=O) groups excluding carboxylic acids is 1. The molecule has 138 valence electrons. The average Bonchev–Trinajstić information content (AvgIpc) is 2.67. The first-order chi connectivity index (χ1) is 12.4. The van der Waals surface area contributed by atoms with Gasteiger partial charge in [-0.15, -0.1) is 11.8 Å². The standard InChI is InChI=1S/C18H18F3N3OS/c1-26-16-15(6-3-7-22-16)17(25)24-10-8-23(9-11-24)14-5-2-4-13(12-14)18(19,20)21/h2-7,12H,8-11H2,1H3. The topological polar surface area (TPSA) is 36.4 Å². The normalized spacial score (nSPS) is 15.2. The van der Waals surface area contributed by atoms with E-state index in [2.05, 4.69) is 4.98 Å². The summed E-state index contributed by atoms with van der Waals surface area (Å²) in [5.41, 5.74) is 0.430. The van der Waals surface area contributed by atoms with Gasteiger partial charge in [-0.2, -0.15) is 13.2 Å². The number of hydrogen-bond acceptors (Lipinski definition) is 4. The van der Waals surface area contributed by atoms with Crippen LogP contribution in [-0.2, 0) is 6.18 Å². The minimum absolute atomic E-state index is 0.0915. The first kappa shape index (κ1) is 18.6. The van der Waals surface area contributed by atoms with Crippen LogP contribution in [0.25, 0.3) is 0 Å². The van der Waals surface area contributed by atoms with Gasteiger partial charge in [-0.1, -0.05) is 6.07 Å². The van der Waals surface area contributed by atoms with Crippen molar-refractivity contribution in [2.24, 2.45) is 0 Å². The number of anilines is 1. The number of carbonyl (C=O) groups is 1. The Morgan fingerprint density at radius 3 is 2.50 bits per heavy atom. The summed E-state index contributed by atoms with van der Waals surface area (Å²) in [5.74, 6) is -0.0915. The molecule has 1 aliphatic heterocycles. The lowest BCUT2D eigenvalue weighted by Gasteiger charge is -2.36. The second-order valence-corrected chi connectivity index (χ2v) is 6.68. The highest BCUT2D eigenvalue weighted by Crippen LogP contribution is 2.32. The van der Waals surface area contributed by atoms with Gasteiger partial charge in [0, 0.05) is 38.1 Å². The fourth-order valence-corrected chi connectivity index (χ4v) is 3.47. The van der Waals surface area contributed by atoms with Gasteiger partial charge < -0.3 is 9.80 Å². The Kier molecular flexibility index (Phi) is 5.41. The van der Waals surface area contributed by atoms with Crippen LogP contribution in [0.1, 0.15) is 15.9 Å². The molecule has 0 unspecified atom stereocenters. The lowest BCUT2D eigenvalue weighted by molar-refractivity contribution is -0.137. The van der Waals surface area contributed by atoms with Crippen molar-refractivity contribution in [3.05, 3.63) is 53.7 Å². The van der Waals surface area contributed by atoms with Crippen molar-refractivity contribution in [3.8, 4) is 0 Å². The fraction of sp³-hybridized carbons (Fsp3) is 0.333. The Labute approximate surface area is 154 Å². The third kappa shape index (κ3) is 3.95. The molecule has 0 aliphatic carbocycles. The Hall–Kier alpha value is -2.22. The van der Waals surface area contributed by atoms with E-state index < -0.39 is 11.7 Å². The van der Waals surface area contributed by atoms with Crippen LogP contribution in [0.4, 0.5) is 18.9 Å². The molecule has 1 fully saturated rings. The maximum atomic E-state index is 12.9. The molecule has 0 bridgehead atoms. The van der Waals surface area contributed by atoms with Crippen molar-refractivity contribution in [3.63, 3.8) is 0 Å². The van der Waals surface area contributed by atoms with Crippen LogP contribution in [0.3, 0.4) is 0 Å². The number of halogens is 3. The smallest absolute Gasteiger partial charge is 0.368 e. The SMILES string of the molecule is CSc1ncccc1C(=O)N1CCN(c2cccc(C(F)(F)F)c2)CC1. The van der Waals surface area contributed by atoms with Crippen molar-refractivity contribution >= 4 is 23.4 Å². The summed E-state index contributed by atoms with van der Waals surface area (Å²) in [6.07, 6.45) is -0.846. The van der Waals surface area contributed by atoms with Gasteiger partial charge in [0.15, 0.2) is 0 Å². The third-order valence-electron chi connectivity index (χ3n) is 4.30. The van der Waals surface area contributed by atoms with Crippen LogP contribution in [0.15, 0.2) is 47.6 Å². The van der Waals surface area contributed by atoms with E-state index in [0.717, 1.165) is 12.1 Å². The highest BCUT2D eigenvalue weighted by molar-refractivity contribution is 7.98. The van der Waals surface area contributed by atoms with E-state index in [0.29, 0.717) is 42.5 Å². The number of thioether (sulfide) groups is 1. The number of hydrogen-bond donors (Lipinski definition) is 0. The summed E-state index contributed by atoms with van der Waals surface area (Å²) in [6, 6.07) is 8.78. The van der Waals surface area contributed by atoms with E-state index in [9.17, 15) is 18.0 Å². The van der Waals surface area contributed by atoms with Crippen molar-refractivity contribution < 1.29 is 18.0 Å². The lowest BCUT2D eigenvalue weighted by Crippen LogP contribution is -2.49. The monoisotopic (exact) mass is 381 g/mol. The molecule has 2 aromatic rings. The van der Waals surface area contributed by atoms with Crippen molar-refractivity contribution in [1.82, 2.24) is 9.88 Å². The van der Waals surface area contributed by atoms with Gasteiger partial charge in [-0.3, -0.25) is 4.79 Å². The second kappa shape index (κ2) is 7.57. The van der Waals surface area contributed by atoms with Crippen molar-refractivity contribution in [1.29, 1.82) is 0 Å². The number of rotatable bonds is 3. The maximum absolute atomic E-state index is 12.9. The zero-order valence-electron chi connectivity index (χ0n) is 14.2. The molecule has 1 amide bonds. The number of benzene rings is 1. The Morgan fingerprint density at radius 2 is 1.85 bits per heavy atom. The number of aromatic nitrogens is 1. The highest BCUT2D eigenvalue weighted by atomic mass is 32.2. The van der Waals surface area contributed by atoms with Crippen LogP contribution < -0.4 is 4.90 Å². The van der Waals surface area contributed by atoms with Gasteiger partial charge in [-0.05, 0) is 36.6 Å². The molecule has 0 atom stereocenters. The number of piperazine rings is 1. The molecule has 1 aromatic heterocycles. The zero-order chi connectivity index (χ0) is 18.7. The van der Waals surface area contributed by atoms with Gasteiger partial charge in [0.1, 0.15) is 5.03 Å². The third-order valence-corrected chi connectivity index (χ3v) is 5.01. The Bertz CT molecular complexity index is 789. The second-order valence-electron chi connectivity index (χ2n) is 5.89. The van der Waals surface area contributed by atoms with Gasteiger partial charge in [-0.25, -0.2) is 4.98 Å². The molecule has 2 heterocycles. The number of amides is 1. The summed E-state index contributed by atoms with van der Waals surface area (Å²) < 4.78 is 38.6. The van der Waals surface area contributed by atoms with Crippen LogP contribution in [0, 0.1) is 0 Å². The van der Waals surface area contributed by atoms with Crippen molar-refractivity contribution in [2.45, 2.75) is 11.2 Å². The fourth-order valence-electron chi connectivity index (χ4n) is 2.93. The molecule has 4 nitrogen and oxygen atoms in total. The van der Waals surface area contributed by atoms with Crippen LogP contribution >= 0.6 is 11.8 Å². The van der Waals surface area contributed by atoms with E-state index in [1.807, 2.05) is 11.2 Å². The van der Waals surface area contributed by atoms with Gasteiger partial charge in [0.05, 0.1) is 11.1 Å². The molecule has 1 saturated heterocycles. The molecule has 0 N–H and O–H groups in total. The first-order valence-electron chi connectivity index (χ1n) is 8.10. The Morgan fingerprint density at radius 1 is 1.12 bits per heavy atom. The molecular weight excluding hydrogens is 363 g/mol. The lowest BCUT2D eigenvalue weighted by atomic mass is 10.1. The molecule has 0 saturated carbocycles. The quantitative estimate of drug-likeness (QED) is 0.758. The van der Waals surface area contributed by atoms with E-state index >= 15 is 0 Å². The summed E-state index contributed by atoms with van der Waals surface area (Å²) in [4.78, 5) is 20.5. The number of nitrogens with zero attached hydrogens (tertiary/aromatic N) is 3. The minimum Gasteiger partial charge on any atom is -0.368 e. The van der Waals surface area contributed by atoms with Crippen LogP contribution in [0.2, 0.25) is 0 Å². The minimum atomic E-state index is -4.36. The van der Waals surface area contributed by atoms with Gasteiger partial charge in [0.25, 0.3) is 5.91 Å².